The zero-order valence-electron chi connectivity index (χ0n) is 19.3. The molecule has 3 rings (SSSR count). The lowest BCUT2D eigenvalue weighted by molar-refractivity contribution is -0.114. The molecule has 2 heterocycles. The van der Waals surface area contributed by atoms with Crippen LogP contribution in [0.3, 0.4) is 0 Å². The van der Waals surface area contributed by atoms with Crippen molar-refractivity contribution in [1.29, 1.82) is 0 Å². The number of nitrogens with one attached hydrogen (secondary N) is 1. The van der Waals surface area contributed by atoms with Crippen molar-refractivity contribution in [2.45, 2.75) is 39.5 Å². The number of anilines is 1. The van der Waals surface area contributed by atoms with Gasteiger partial charge in [-0.2, -0.15) is 0 Å². The summed E-state index contributed by atoms with van der Waals surface area (Å²) in [4.78, 5) is 33.2. The number of benzene rings is 1. The van der Waals surface area contributed by atoms with E-state index in [0.717, 1.165) is 18.1 Å². The molecule has 1 aromatic carbocycles. The third kappa shape index (κ3) is 6.05. The molecule has 1 aromatic heterocycles. The summed E-state index contributed by atoms with van der Waals surface area (Å²) in [5, 5.41) is 5.79. The highest BCUT2D eigenvalue weighted by Gasteiger charge is 2.28. The van der Waals surface area contributed by atoms with Gasteiger partial charge in [0.2, 0.25) is 5.91 Å². The third-order valence-corrected chi connectivity index (χ3v) is 6.48. The Labute approximate surface area is 193 Å². The maximum Gasteiger partial charge on any atom is 0.257 e. The lowest BCUT2D eigenvalue weighted by Gasteiger charge is -2.35. The summed E-state index contributed by atoms with van der Waals surface area (Å²) in [5.74, 6) is 0.327. The highest BCUT2D eigenvalue weighted by Crippen LogP contribution is 2.27. The van der Waals surface area contributed by atoms with Crippen LogP contribution in [-0.2, 0) is 16.1 Å². The van der Waals surface area contributed by atoms with Crippen molar-refractivity contribution in [3.05, 3.63) is 40.3 Å². The summed E-state index contributed by atoms with van der Waals surface area (Å²) in [6.07, 6.45) is 1.71. The lowest BCUT2D eigenvalue weighted by atomic mass is 10.0. The highest BCUT2D eigenvalue weighted by molar-refractivity contribution is 7.09. The number of thiazole rings is 1. The number of carbonyl (C=O) groups is 2. The average Bonchev–Trinajstić information content (AvgIpc) is 3.26. The predicted octanol–water partition coefficient (Wildman–Crippen LogP) is 3.11. The fourth-order valence-electron chi connectivity index (χ4n) is 3.85. The van der Waals surface area contributed by atoms with Gasteiger partial charge in [0.05, 0.1) is 18.2 Å². The smallest absolute Gasteiger partial charge is 0.257 e. The first-order valence-electron chi connectivity index (χ1n) is 10.7. The number of hydrogen-bond donors (Lipinski definition) is 1. The van der Waals surface area contributed by atoms with Crippen LogP contribution in [0.4, 0.5) is 5.69 Å². The Bertz CT molecular complexity index is 921. The Morgan fingerprint density at radius 3 is 2.78 bits per heavy atom. The van der Waals surface area contributed by atoms with Crippen LogP contribution in [0, 0.1) is 5.92 Å². The van der Waals surface area contributed by atoms with Gasteiger partial charge in [-0.15, -0.1) is 11.3 Å². The normalized spacial score (nSPS) is 23.0. The summed E-state index contributed by atoms with van der Waals surface area (Å²) in [6.45, 7) is 8.06. The standard InChI is InChI=1S/C23H32N4O4S/c1-15-11-27(13-22-24-8-9-32-22)16(2)14-31-20-10-18(25-17(3)28)6-7-19(20)23(29)26(4)12-21(15)30-5/h6-10,15-16,21H,11-14H2,1-5H3,(H,25,28)/t15-,16-,21-/m1/s1. The van der Waals surface area contributed by atoms with Crippen LogP contribution in [0.5, 0.6) is 5.75 Å². The van der Waals surface area contributed by atoms with E-state index in [4.69, 9.17) is 9.47 Å². The van der Waals surface area contributed by atoms with Crippen LogP contribution < -0.4 is 10.1 Å². The van der Waals surface area contributed by atoms with Crippen molar-refractivity contribution in [3.8, 4) is 5.75 Å². The Kier molecular flexibility index (Phi) is 8.22. The van der Waals surface area contributed by atoms with Gasteiger partial charge in [0.25, 0.3) is 5.91 Å². The Balaban J connectivity index is 1.94. The largest absolute Gasteiger partial charge is 0.491 e. The molecular formula is C23H32N4O4S. The van der Waals surface area contributed by atoms with Gasteiger partial charge in [-0.1, -0.05) is 6.92 Å². The number of fused-ring (bicyclic) bond motifs is 1. The number of hydrogen-bond acceptors (Lipinski definition) is 7. The molecule has 2 amide bonds. The molecule has 1 aliphatic heterocycles. The van der Waals surface area contributed by atoms with Gasteiger partial charge in [0.1, 0.15) is 17.4 Å². The van der Waals surface area contributed by atoms with E-state index in [1.807, 2.05) is 11.6 Å². The number of nitrogens with zero attached hydrogens (tertiary/aromatic N) is 3. The van der Waals surface area contributed by atoms with Crippen LogP contribution in [-0.4, -0.2) is 72.6 Å². The molecule has 0 saturated heterocycles. The summed E-state index contributed by atoms with van der Waals surface area (Å²) in [7, 11) is 3.46. The van der Waals surface area contributed by atoms with E-state index in [0.29, 0.717) is 30.2 Å². The zero-order chi connectivity index (χ0) is 23.3. The average molecular weight is 461 g/mol. The van der Waals surface area contributed by atoms with Crippen molar-refractivity contribution < 1.29 is 19.1 Å². The minimum absolute atomic E-state index is 0.0726. The first kappa shape index (κ1) is 24.2. The number of aromatic nitrogens is 1. The first-order chi connectivity index (χ1) is 15.3. The first-order valence-corrected chi connectivity index (χ1v) is 11.6. The third-order valence-electron chi connectivity index (χ3n) is 5.72. The highest BCUT2D eigenvalue weighted by atomic mass is 32.1. The van der Waals surface area contributed by atoms with E-state index < -0.39 is 0 Å². The second-order valence-corrected chi connectivity index (χ2v) is 9.32. The number of methoxy groups -OCH3 is 1. The molecule has 0 spiro atoms. The molecule has 1 aliphatic rings. The van der Waals surface area contributed by atoms with Gasteiger partial charge >= 0.3 is 0 Å². The van der Waals surface area contributed by atoms with Gasteiger partial charge in [-0.25, -0.2) is 4.98 Å². The molecule has 3 atom stereocenters. The molecule has 0 bridgehead atoms. The molecular weight excluding hydrogens is 428 g/mol. The van der Waals surface area contributed by atoms with Crippen LogP contribution in [0.15, 0.2) is 29.8 Å². The molecule has 9 heteroatoms. The maximum atomic E-state index is 13.2. The van der Waals surface area contributed by atoms with E-state index in [-0.39, 0.29) is 29.9 Å². The lowest BCUT2D eigenvalue weighted by Crippen LogP contribution is -2.46. The number of ether oxygens (including phenoxy) is 2. The second kappa shape index (κ2) is 10.9. The maximum absolute atomic E-state index is 13.2. The van der Waals surface area contributed by atoms with E-state index in [1.54, 1.807) is 48.6 Å². The number of rotatable bonds is 4. The summed E-state index contributed by atoms with van der Waals surface area (Å²) in [5.41, 5.74) is 1.05. The van der Waals surface area contributed by atoms with E-state index in [2.05, 4.69) is 29.0 Å². The fourth-order valence-corrected chi connectivity index (χ4v) is 4.49. The van der Waals surface area contributed by atoms with Crippen molar-refractivity contribution in [1.82, 2.24) is 14.8 Å². The number of carbonyl (C=O) groups excluding carboxylic acids is 2. The molecule has 0 aliphatic carbocycles. The second-order valence-electron chi connectivity index (χ2n) is 8.34. The minimum Gasteiger partial charge on any atom is -0.491 e. The number of amides is 2. The van der Waals surface area contributed by atoms with E-state index in [9.17, 15) is 9.59 Å². The topological polar surface area (TPSA) is 84.0 Å². The molecule has 174 valence electrons. The van der Waals surface area contributed by atoms with Crippen molar-refractivity contribution in [2.75, 3.05) is 39.2 Å². The Morgan fingerprint density at radius 2 is 2.12 bits per heavy atom. The molecule has 32 heavy (non-hydrogen) atoms. The quantitative estimate of drug-likeness (QED) is 0.755. The van der Waals surface area contributed by atoms with E-state index in [1.165, 1.54) is 6.92 Å². The molecule has 0 saturated carbocycles. The summed E-state index contributed by atoms with van der Waals surface area (Å²) in [6, 6.07) is 5.20. The predicted molar refractivity (Wildman–Crippen MR) is 125 cm³/mol. The van der Waals surface area contributed by atoms with Crippen molar-refractivity contribution in [3.63, 3.8) is 0 Å². The molecule has 8 nitrogen and oxygen atoms in total. The summed E-state index contributed by atoms with van der Waals surface area (Å²) >= 11 is 1.63. The van der Waals surface area contributed by atoms with Gasteiger partial charge < -0.3 is 19.7 Å². The molecule has 0 radical (unpaired) electrons. The van der Waals surface area contributed by atoms with Crippen LogP contribution >= 0.6 is 11.3 Å². The molecule has 1 N–H and O–H groups in total. The fraction of sp³-hybridized carbons (Fsp3) is 0.522. The van der Waals surface area contributed by atoms with Crippen LogP contribution in [0.1, 0.15) is 36.1 Å². The monoisotopic (exact) mass is 460 g/mol. The van der Waals surface area contributed by atoms with Crippen molar-refractivity contribution >= 4 is 28.8 Å². The Morgan fingerprint density at radius 1 is 1.34 bits per heavy atom. The molecule has 2 aromatic rings. The SMILES string of the molecule is CO[C@@H]1CN(C)C(=O)c2ccc(NC(C)=O)cc2OC[C@@H](C)N(Cc2nccs2)C[C@H]1C. The molecule has 0 unspecified atom stereocenters. The minimum atomic E-state index is -0.179. The van der Waals surface area contributed by atoms with Gasteiger partial charge in [0, 0.05) is 63.5 Å². The Hall–Kier alpha value is -2.49. The van der Waals surface area contributed by atoms with Gasteiger partial charge in [-0.05, 0) is 25.0 Å². The number of likely N-dealkylation sites (N-methyl/N-ethyl adjacent to an activating group) is 1. The van der Waals surface area contributed by atoms with E-state index >= 15 is 0 Å². The van der Waals surface area contributed by atoms with Gasteiger partial charge in [-0.3, -0.25) is 14.5 Å². The molecule has 0 fully saturated rings. The zero-order valence-corrected chi connectivity index (χ0v) is 20.1. The van der Waals surface area contributed by atoms with Crippen LogP contribution in [0.25, 0.3) is 0 Å². The van der Waals surface area contributed by atoms with Gasteiger partial charge in [0.15, 0.2) is 0 Å². The van der Waals surface area contributed by atoms with Crippen LogP contribution in [0.2, 0.25) is 0 Å². The van der Waals surface area contributed by atoms with Crippen molar-refractivity contribution in [2.24, 2.45) is 5.92 Å². The summed E-state index contributed by atoms with van der Waals surface area (Å²) < 4.78 is 11.9.